The molecule has 0 saturated carbocycles. The Morgan fingerprint density at radius 2 is 1.88 bits per heavy atom. The van der Waals surface area contributed by atoms with Gasteiger partial charge >= 0.3 is 5.63 Å². The molecule has 1 aromatic heterocycles. The SMILES string of the molecule is O=c1cccc(-c2cccc([N+](=O)[O-])c2)o1. The van der Waals surface area contributed by atoms with E-state index in [2.05, 4.69) is 0 Å². The van der Waals surface area contributed by atoms with E-state index in [1.807, 2.05) is 0 Å². The fraction of sp³-hybridized carbons (Fsp3) is 0. The van der Waals surface area contributed by atoms with Gasteiger partial charge in [-0.15, -0.1) is 0 Å². The zero-order valence-corrected chi connectivity index (χ0v) is 8.12. The van der Waals surface area contributed by atoms with Gasteiger partial charge in [-0.05, 0) is 6.07 Å². The molecular weight excluding hydrogens is 210 g/mol. The lowest BCUT2D eigenvalue weighted by molar-refractivity contribution is -0.384. The Morgan fingerprint density at radius 1 is 1.12 bits per heavy atom. The molecule has 5 nitrogen and oxygen atoms in total. The van der Waals surface area contributed by atoms with Gasteiger partial charge in [0, 0.05) is 23.8 Å². The van der Waals surface area contributed by atoms with Crippen molar-refractivity contribution in [2.45, 2.75) is 0 Å². The predicted octanol–water partition coefficient (Wildman–Crippen LogP) is 2.21. The molecule has 0 fully saturated rings. The molecule has 0 spiro atoms. The van der Waals surface area contributed by atoms with E-state index in [0.717, 1.165) is 0 Å². The number of hydrogen-bond donors (Lipinski definition) is 0. The Kier molecular flexibility index (Phi) is 2.51. The topological polar surface area (TPSA) is 73.3 Å². The fourth-order valence-electron chi connectivity index (χ4n) is 1.32. The van der Waals surface area contributed by atoms with Gasteiger partial charge in [-0.25, -0.2) is 4.79 Å². The summed E-state index contributed by atoms with van der Waals surface area (Å²) in [5, 5.41) is 10.6. The minimum Gasteiger partial charge on any atom is -0.423 e. The second-order valence-electron chi connectivity index (χ2n) is 3.12. The van der Waals surface area contributed by atoms with E-state index in [1.165, 1.54) is 18.2 Å². The third-order valence-corrected chi connectivity index (χ3v) is 2.03. The van der Waals surface area contributed by atoms with Gasteiger partial charge in [0.2, 0.25) is 0 Å². The van der Waals surface area contributed by atoms with Crippen LogP contribution in [-0.4, -0.2) is 4.92 Å². The molecule has 5 heteroatoms. The van der Waals surface area contributed by atoms with E-state index >= 15 is 0 Å². The van der Waals surface area contributed by atoms with Gasteiger partial charge in [-0.3, -0.25) is 10.1 Å². The van der Waals surface area contributed by atoms with E-state index in [9.17, 15) is 14.9 Å². The Bertz CT molecular complexity index is 588. The Hall–Kier alpha value is -2.43. The monoisotopic (exact) mass is 217 g/mol. The number of hydrogen-bond acceptors (Lipinski definition) is 4. The van der Waals surface area contributed by atoms with Crippen molar-refractivity contribution in [2.24, 2.45) is 0 Å². The zero-order valence-electron chi connectivity index (χ0n) is 8.12. The Labute approximate surface area is 90.1 Å². The van der Waals surface area contributed by atoms with Crippen LogP contribution in [-0.2, 0) is 0 Å². The first kappa shape index (κ1) is 10.1. The first-order valence-electron chi connectivity index (χ1n) is 4.52. The van der Waals surface area contributed by atoms with Crippen LogP contribution >= 0.6 is 0 Å². The quantitative estimate of drug-likeness (QED) is 0.571. The Balaban J connectivity index is 2.52. The van der Waals surface area contributed by atoms with Crippen molar-refractivity contribution in [1.82, 2.24) is 0 Å². The van der Waals surface area contributed by atoms with Crippen LogP contribution in [0.5, 0.6) is 0 Å². The zero-order chi connectivity index (χ0) is 11.5. The summed E-state index contributed by atoms with van der Waals surface area (Å²) < 4.78 is 4.92. The third kappa shape index (κ3) is 1.98. The molecule has 0 amide bonds. The lowest BCUT2D eigenvalue weighted by Crippen LogP contribution is -1.95. The Morgan fingerprint density at radius 3 is 2.56 bits per heavy atom. The minimum atomic E-state index is -0.495. The summed E-state index contributed by atoms with van der Waals surface area (Å²) >= 11 is 0. The van der Waals surface area contributed by atoms with Gasteiger partial charge in [0.15, 0.2) is 0 Å². The molecule has 0 bridgehead atoms. The predicted molar refractivity (Wildman–Crippen MR) is 57.1 cm³/mol. The van der Waals surface area contributed by atoms with Gasteiger partial charge < -0.3 is 4.42 Å². The maximum atomic E-state index is 11.0. The largest absolute Gasteiger partial charge is 0.423 e. The number of nitro benzene ring substituents is 1. The van der Waals surface area contributed by atoms with Gasteiger partial charge in [-0.2, -0.15) is 0 Å². The second kappa shape index (κ2) is 3.98. The van der Waals surface area contributed by atoms with Crippen LogP contribution in [0.4, 0.5) is 5.69 Å². The molecule has 0 saturated heterocycles. The van der Waals surface area contributed by atoms with Gasteiger partial charge in [0.1, 0.15) is 5.76 Å². The van der Waals surface area contributed by atoms with Crippen LogP contribution in [0.3, 0.4) is 0 Å². The average Bonchev–Trinajstić information content (AvgIpc) is 2.29. The van der Waals surface area contributed by atoms with Crippen molar-refractivity contribution >= 4 is 5.69 Å². The summed E-state index contributed by atoms with van der Waals surface area (Å²) in [5.41, 5.74) is -0.0140. The molecular formula is C11H7NO4. The number of non-ortho nitro benzene ring substituents is 1. The van der Waals surface area contributed by atoms with Crippen molar-refractivity contribution in [3.63, 3.8) is 0 Å². The highest BCUT2D eigenvalue weighted by Gasteiger charge is 2.08. The minimum absolute atomic E-state index is 0.0380. The van der Waals surface area contributed by atoms with E-state index in [1.54, 1.807) is 24.3 Å². The van der Waals surface area contributed by atoms with Crippen molar-refractivity contribution in [2.75, 3.05) is 0 Å². The first-order valence-corrected chi connectivity index (χ1v) is 4.52. The molecule has 1 heterocycles. The summed E-state index contributed by atoms with van der Waals surface area (Å²) in [7, 11) is 0. The highest BCUT2D eigenvalue weighted by atomic mass is 16.6. The molecule has 0 aliphatic heterocycles. The van der Waals surface area contributed by atoms with Crippen LogP contribution in [0, 0.1) is 10.1 Å². The maximum absolute atomic E-state index is 11.0. The van der Waals surface area contributed by atoms with E-state index < -0.39 is 10.5 Å². The van der Waals surface area contributed by atoms with Gasteiger partial charge in [0.05, 0.1) is 4.92 Å². The van der Waals surface area contributed by atoms with Gasteiger partial charge in [0.25, 0.3) is 5.69 Å². The normalized spacial score (nSPS) is 10.0. The number of nitro groups is 1. The van der Waals surface area contributed by atoms with Crippen molar-refractivity contribution in [3.8, 4) is 11.3 Å². The smallest absolute Gasteiger partial charge is 0.336 e. The lowest BCUT2D eigenvalue weighted by Gasteiger charge is -1.98. The maximum Gasteiger partial charge on any atom is 0.336 e. The molecule has 2 aromatic rings. The highest BCUT2D eigenvalue weighted by molar-refractivity contribution is 5.60. The average molecular weight is 217 g/mol. The standard InChI is InChI=1S/C11H7NO4/c13-11-6-2-5-10(16-11)8-3-1-4-9(7-8)12(14)15/h1-7H. The van der Waals surface area contributed by atoms with E-state index in [0.29, 0.717) is 11.3 Å². The van der Waals surface area contributed by atoms with Crippen molar-refractivity contribution in [1.29, 1.82) is 0 Å². The van der Waals surface area contributed by atoms with Crippen LogP contribution in [0.2, 0.25) is 0 Å². The molecule has 16 heavy (non-hydrogen) atoms. The van der Waals surface area contributed by atoms with Crippen molar-refractivity contribution in [3.05, 3.63) is 63.0 Å². The summed E-state index contributed by atoms with van der Waals surface area (Å²) in [4.78, 5) is 21.1. The molecule has 0 aliphatic carbocycles. The fourth-order valence-corrected chi connectivity index (χ4v) is 1.32. The summed E-state index contributed by atoms with van der Waals surface area (Å²) in [6.07, 6.45) is 0. The summed E-state index contributed by atoms with van der Waals surface area (Å²) in [6.45, 7) is 0. The number of benzene rings is 1. The number of rotatable bonds is 2. The summed E-state index contributed by atoms with van der Waals surface area (Å²) in [6, 6.07) is 10.3. The van der Waals surface area contributed by atoms with E-state index in [4.69, 9.17) is 4.42 Å². The molecule has 0 N–H and O–H groups in total. The van der Waals surface area contributed by atoms with Crippen LogP contribution in [0.1, 0.15) is 0 Å². The highest BCUT2D eigenvalue weighted by Crippen LogP contribution is 2.22. The molecule has 0 unspecified atom stereocenters. The summed E-state index contributed by atoms with van der Waals surface area (Å²) in [5.74, 6) is 0.316. The molecule has 0 radical (unpaired) electrons. The second-order valence-corrected chi connectivity index (χ2v) is 3.12. The van der Waals surface area contributed by atoms with Crippen LogP contribution in [0.15, 0.2) is 51.7 Å². The molecule has 0 aliphatic rings. The molecule has 2 rings (SSSR count). The third-order valence-electron chi connectivity index (χ3n) is 2.03. The van der Waals surface area contributed by atoms with Gasteiger partial charge in [-0.1, -0.05) is 18.2 Å². The molecule has 0 atom stereocenters. The molecule has 80 valence electrons. The number of nitrogens with zero attached hydrogens (tertiary/aromatic N) is 1. The van der Waals surface area contributed by atoms with Crippen LogP contribution < -0.4 is 5.63 Å². The van der Waals surface area contributed by atoms with Crippen molar-refractivity contribution < 1.29 is 9.34 Å². The van der Waals surface area contributed by atoms with Crippen LogP contribution in [0.25, 0.3) is 11.3 Å². The molecule has 1 aromatic carbocycles. The van der Waals surface area contributed by atoms with E-state index in [-0.39, 0.29) is 5.69 Å². The lowest BCUT2D eigenvalue weighted by atomic mass is 10.1. The first-order chi connectivity index (χ1) is 7.66.